The Labute approximate surface area is 118 Å². The third-order valence-electron chi connectivity index (χ3n) is 2.36. The average Bonchev–Trinajstić information content (AvgIpc) is 2.44. The molecule has 0 saturated carbocycles. The van der Waals surface area contributed by atoms with Crippen LogP contribution in [0.4, 0.5) is 0 Å². The Morgan fingerprint density at radius 1 is 1.25 bits per heavy atom. The summed E-state index contributed by atoms with van der Waals surface area (Å²) in [6.07, 6.45) is 0. The van der Waals surface area contributed by atoms with Crippen LogP contribution in [0.15, 0.2) is 34.6 Å². The molecule has 1 N–H and O–H groups in total. The van der Waals surface area contributed by atoms with E-state index in [9.17, 15) is 4.79 Å². The zero-order chi connectivity index (χ0) is 15.0. The van der Waals surface area contributed by atoms with Crippen molar-refractivity contribution < 1.29 is 14.5 Å². The minimum absolute atomic E-state index is 0.200. The molecule has 0 aliphatic heterocycles. The molecular weight excluding hydrogens is 258 g/mol. The predicted octanol–water partition coefficient (Wildman–Crippen LogP) is 1.70. The van der Waals surface area contributed by atoms with Gasteiger partial charge in [-0.25, -0.2) is 0 Å². The van der Waals surface area contributed by atoms with Gasteiger partial charge in [0.25, 0.3) is 5.91 Å². The van der Waals surface area contributed by atoms with Crippen LogP contribution in [0.1, 0.15) is 25.0 Å². The molecule has 1 aromatic carbocycles. The van der Waals surface area contributed by atoms with Crippen molar-refractivity contribution in [1.82, 2.24) is 5.32 Å². The van der Waals surface area contributed by atoms with Crippen molar-refractivity contribution in [3.05, 3.63) is 35.4 Å². The number of hydrogen-bond acceptors (Lipinski definition) is 5. The van der Waals surface area contributed by atoms with E-state index < -0.39 is 0 Å². The van der Waals surface area contributed by atoms with Crippen LogP contribution >= 0.6 is 0 Å². The van der Waals surface area contributed by atoms with Crippen molar-refractivity contribution in [3.8, 4) is 0 Å². The molecule has 0 saturated heterocycles. The second-order valence-corrected chi connectivity index (χ2v) is 4.17. The van der Waals surface area contributed by atoms with Crippen LogP contribution in [0.2, 0.25) is 0 Å². The van der Waals surface area contributed by atoms with E-state index >= 15 is 0 Å². The van der Waals surface area contributed by atoms with Gasteiger partial charge in [0.05, 0.1) is 5.71 Å². The van der Waals surface area contributed by atoms with Gasteiger partial charge in [-0.3, -0.25) is 4.79 Å². The van der Waals surface area contributed by atoms with E-state index in [0.29, 0.717) is 5.56 Å². The van der Waals surface area contributed by atoms with Crippen LogP contribution in [0, 0.1) is 0 Å². The molecule has 0 spiro atoms. The first-order valence-corrected chi connectivity index (χ1v) is 6.14. The van der Waals surface area contributed by atoms with Crippen molar-refractivity contribution in [2.45, 2.75) is 20.5 Å². The second kappa shape index (κ2) is 7.93. The van der Waals surface area contributed by atoms with Crippen LogP contribution < -0.4 is 5.32 Å². The van der Waals surface area contributed by atoms with Crippen molar-refractivity contribution in [2.24, 2.45) is 10.3 Å². The fraction of sp³-hybridized carbons (Fsp3) is 0.357. The Hall–Kier alpha value is -2.37. The number of nitrogens with zero attached hydrogens (tertiary/aromatic N) is 2. The third kappa shape index (κ3) is 4.38. The first-order chi connectivity index (χ1) is 9.60. The number of carbonyl (C=O) groups is 1. The Morgan fingerprint density at radius 3 is 2.55 bits per heavy atom. The number of likely N-dealkylation sites (N-methyl/N-ethyl adjacent to an activating group) is 1. The molecule has 0 aliphatic carbocycles. The second-order valence-electron chi connectivity index (χ2n) is 4.17. The number of amides is 1. The highest BCUT2D eigenvalue weighted by Gasteiger charge is 2.17. The maximum Gasteiger partial charge on any atom is 0.273 e. The van der Waals surface area contributed by atoms with E-state index in [-0.39, 0.29) is 18.2 Å². The van der Waals surface area contributed by atoms with Gasteiger partial charge in [0.2, 0.25) is 0 Å². The smallest absolute Gasteiger partial charge is 0.273 e. The molecule has 1 rings (SSSR count). The summed E-state index contributed by atoms with van der Waals surface area (Å²) in [4.78, 5) is 21.8. The van der Waals surface area contributed by atoms with Crippen LogP contribution in [0.25, 0.3) is 0 Å². The largest absolute Gasteiger partial charge is 0.398 e. The molecule has 6 nitrogen and oxygen atoms in total. The van der Waals surface area contributed by atoms with Gasteiger partial charge in [-0.05, 0) is 13.8 Å². The number of benzene rings is 1. The first kappa shape index (κ1) is 15.7. The van der Waals surface area contributed by atoms with Gasteiger partial charge in [0, 0.05) is 18.2 Å². The topological polar surface area (TPSA) is 72.3 Å². The number of rotatable bonds is 6. The molecule has 0 radical (unpaired) electrons. The Balaban J connectivity index is 3.07. The van der Waals surface area contributed by atoms with Crippen LogP contribution in [0.3, 0.4) is 0 Å². The molecule has 6 heteroatoms. The van der Waals surface area contributed by atoms with E-state index in [2.05, 4.69) is 15.6 Å². The Bertz CT molecular complexity index is 520. The van der Waals surface area contributed by atoms with Gasteiger partial charge >= 0.3 is 0 Å². The molecule has 0 heterocycles. The summed E-state index contributed by atoms with van der Waals surface area (Å²) < 4.78 is 0. The summed E-state index contributed by atoms with van der Waals surface area (Å²) in [5, 5.41) is 10.2. The van der Waals surface area contributed by atoms with Gasteiger partial charge in [-0.2, -0.15) is 0 Å². The maximum atomic E-state index is 11.8. The van der Waals surface area contributed by atoms with Gasteiger partial charge < -0.3 is 15.0 Å². The lowest BCUT2D eigenvalue weighted by atomic mass is 10.0. The molecule has 108 valence electrons. The summed E-state index contributed by atoms with van der Waals surface area (Å²) in [6.45, 7) is 3.93. The molecule has 0 aromatic heterocycles. The van der Waals surface area contributed by atoms with Gasteiger partial charge in [-0.1, -0.05) is 34.6 Å². The number of hydrogen-bond donors (Lipinski definition) is 1. The summed E-state index contributed by atoms with van der Waals surface area (Å²) >= 11 is 0. The van der Waals surface area contributed by atoms with Crippen molar-refractivity contribution >= 4 is 17.3 Å². The number of nitrogens with one attached hydrogen (secondary N) is 1. The summed E-state index contributed by atoms with van der Waals surface area (Å²) in [5.74, 6) is -0.325. The summed E-state index contributed by atoms with van der Waals surface area (Å²) in [7, 11) is 2.93. The van der Waals surface area contributed by atoms with E-state index in [1.165, 1.54) is 14.2 Å². The van der Waals surface area contributed by atoms with E-state index in [0.717, 1.165) is 11.3 Å². The minimum atomic E-state index is -0.325. The molecule has 1 amide bonds. The molecule has 1 aromatic rings. The minimum Gasteiger partial charge on any atom is -0.398 e. The summed E-state index contributed by atoms with van der Waals surface area (Å²) in [6, 6.07) is 7.32. The van der Waals surface area contributed by atoms with E-state index in [4.69, 9.17) is 9.68 Å². The molecular formula is C14H19N3O3. The van der Waals surface area contributed by atoms with Crippen LogP contribution in [-0.2, 0) is 21.1 Å². The molecule has 0 aliphatic rings. The predicted molar refractivity (Wildman–Crippen MR) is 77.6 cm³/mol. The van der Waals surface area contributed by atoms with Crippen LogP contribution in [0.5, 0.6) is 0 Å². The van der Waals surface area contributed by atoms with Crippen molar-refractivity contribution in [1.29, 1.82) is 0 Å². The Kier molecular flexibility index (Phi) is 6.22. The zero-order valence-electron chi connectivity index (χ0n) is 12.1. The van der Waals surface area contributed by atoms with Crippen molar-refractivity contribution in [3.63, 3.8) is 0 Å². The molecule has 0 atom stereocenters. The first-order valence-electron chi connectivity index (χ1n) is 6.14. The lowest BCUT2D eigenvalue weighted by molar-refractivity contribution is -0.114. The zero-order valence-corrected chi connectivity index (χ0v) is 12.1. The molecule has 0 unspecified atom stereocenters. The highest BCUT2D eigenvalue weighted by Crippen LogP contribution is 2.12. The molecule has 0 fully saturated rings. The SMILES string of the molecule is CNC(=O)/C(=N\OC)c1ccccc1CON=C(C)C. The Morgan fingerprint density at radius 2 is 1.95 bits per heavy atom. The fourth-order valence-corrected chi connectivity index (χ4v) is 1.53. The number of oxime groups is 2. The maximum absolute atomic E-state index is 11.8. The van der Waals surface area contributed by atoms with E-state index in [1.807, 2.05) is 32.0 Å². The lowest BCUT2D eigenvalue weighted by Crippen LogP contribution is -2.29. The lowest BCUT2D eigenvalue weighted by Gasteiger charge is -2.10. The highest BCUT2D eigenvalue weighted by atomic mass is 16.6. The average molecular weight is 277 g/mol. The van der Waals surface area contributed by atoms with Gasteiger partial charge in [0.15, 0.2) is 5.71 Å². The standard InChI is InChI=1S/C14H19N3O3/c1-10(2)16-20-9-11-7-5-6-8-12(11)13(17-19-4)14(18)15-3/h5-8H,9H2,1-4H3,(H,15,18)/b17-13-. The number of carbonyl (C=O) groups excluding carboxylic acids is 1. The van der Waals surface area contributed by atoms with Crippen molar-refractivity contribution in [2.75, 3.05) is 14.2 Å². The summed E-state index contributed by atoms with van der Waals surface area (Å²) in [5.41, 5.74) is 2.47. The van der Waals surface area contributed by atoms with Gasteiger partial charge in [0.1, 0.15) is 13.7 Å². The van der Waals surface area contributed by atoms with Gasteiger partial charge in [-0.15, -0.1) is 0 Å². The normalized spacial score (nSPS) is 10.7. The highest BCUT2D eigenvalue weighted by molar-refractivity contribution is 6.45. The molecule has 20 heavy (non-hydrogen) atoms. The third-order valence-corrected chi connectivity index (χ3v) is 2.36. The molecule has 0 bridgehead atoms. The van der Waals surface area contributed by atoms with E-state index in [1.54, 1.807) is 6.07 Å². The van der Waals surface area contributed by atoms with Crippen LogP contribution in [-0.4, -0.2) is 31.5 Å². The monoisotopic (exact) mass is 277 g/mol. The quantitative estimate of drug-likeness (QED) is 0.635. The fourth-order valence-electron chi connectivity index (χ4n) is 1.53.